The number of para-hydroxylation sites is 2. The van der Waals surface area contributed by atoms with Gasteiger partial charge in [0, 0.05) is 33.4 Å². The van der Waals surface area contributed by atoms with E-state index >= 15 is 0 Å². The van der Waals surface area contributed by atoms with Gasteiger partial charge in [-0.2, -0.15) is 0 Å². The van der Waals surface area contributed by atoms with Crippen LogP contribution in [0.5, 0.6) is 0 Å². The largest absolute Gasteiger partial charge is 0.310 e. The molecule has 8 aromatic rings. The molecule has 7 aromatic carbocycles. The van der Waals surface area contributed by atoms with Gasteiger partial charge in [-0.15, -0.1) is 0 Å². The van der Waals surface area contributed by atoms with Crippen molar-refractivity contribution in [2.75, 3.05) is 4.90 Å². The second-order valence-corrected chi connectivity index (χ2v) is 14.9. The minimum absolute atomic E-state index is 0.551. The Morgan fingerprint density at radius 1 is 0.566 bits per heavy atom. The molecular weight excluding hydrogens is 641 g/mol. The second kappa shape index (κ2) is 11.8. The Bertz CT molecular complexity index is 2800. The van der Waals surface area contributed by atoms with Crippen LogP contribution in [0.15, 0.2) is 182 Å². The number of allylic oxidation sites excluding steroid dienone is 3. The van der Waals surface area contributed by atoms with Crippen molar-refractivity contribution in [1.29, 1.82) is 0 Å². The van der Waals surface area contributed by atoms with Gasteiger partial charge in [-0.05, 0) is 124 Å². The van der Waals surface area contributed by atoms with Crippen LogP contribution in [0.25, 0.3) is 55.3 Å². The normalized spacial score (nSPS) is 16.8. The van der Waals surface area contributed by atoms with Crippen molar-refractivity contribution in [3.05, 3.63) is 198 Å². The highest BCUT2D eigenvalue weighted by molar-refractivity contribution is 6.12. The van der Waals surface area contributed by atoms with Gasteiger partial charge in [-0.25, -0.2) is 0 Å². The summed E-state index contributed by atoms with van der Waals surface area (Å²) in [6.07, 6.45) is 7.11. The van der Waals surface area contributed by atoms with Crippen LogP contribution in [-0.2, 0) is 6.42 Å². The number of hydrogen-bond donors (Lipinski definition) is 0. The van der Waals surface area contributed by atoms with E-state index in [1.54, 1.807) is 0 Å². The van der Waals surface area contributed by atoms with E-state index < -0.39 is 0 Å². The molecule has 1 aromatic heterocycles. The fourth-order valence-corrected chi connectivity index (χ4v) is 9.58. The number of hydrogen-bond acceptors (Lipinski definition) is 1. The topological polar surface area (TPSA) is 8.17 Å². The van der Waals surface area contributed by atoms with Crippen LogP contribution in [0, 0.1) is 11.8 Å². The van der Waals surface area contributed by atoms with Crippen molar-refractivity contribution >= 4 is 44.4 Å². The molecule has 0 bridgehead atoms. The van der Waals surface area contributed by atoms with E-state index in [1.165, 1.54) is 83.3 Å². The molecule has 0 aliphatic heterocycles. The predicted molar refractivity (Wildman–Crippen MR) is 222 cm³/mol. The van der Waals surface area contributed by atoms with Gasteiger partial charge in [0.1, 0.15) is 0 Å². The van der Waals surface area contributed by atoms with Crippen molar-refractivity contribution in [2.45, 2.75) is 19.8 Å². The van der Waals surface area contributed by atoms with E-state index in [9.17, 15) is 0 Å². The number of rotatable bonds is 5. The molecule has 0 saturated carbocycles. The lowest BCUT2D eigenvalue weighted by Crippen LogP contribution is -2.23. The maximum absolute atomic E-state index is 2.51. The molecule has 1 heterocycles. The average Bonchev–Trinajstić information content (AvgIpc) is 3.74. The molecule has 53 heavy (non-hydrogen) atoms. The first kappa shape index (κ1) is 30.3. The van der Waals surface area contributed by atoms with Crippen molar-refractivity contribution in [2.24, 2.45) is 11.8 Å². The highest BCUT2D eigenvalue weighted by atomic mass is 15.1. The molecule has 0 spiro atoms. The summed E-state index contributed by atoms with van der Waals surface area (Å²) in [5.41, 5.74) is 19.4. The van der Waals surface area contributed by atoms with Gasteiger partial charge >= 0.3 is 0 Å². The minimum atomic E-state index is 0.551. The molecule has 2 unspecified atom stereocenters. The van der Waals surface area contributed by atoms with Crippen LogP contribution in [0.1, 0.15) is 30.0 Å². The van der Waals surface area contributed by atoms with Gasteiger partial charge in [0.15, 0.2) is 0 Å². The number of anilines is 3. The summed E-state index contributed by atoms with van der Waals surface area (Å²) < 4.78 is 2.40. The van der Waals surface area contributed by atoms with E-state index in [1.807, 2.05) is 0 Å². The Balaban J connectivity index is 1.19. The smallest absolute Gasteiger partial charge is 0.0546 e. The van der Waals surface area contributed by atoms with Crippen molar-refractivity contribution in [3.63, 3.8) is 0 Å². The summed E-state index contributed by atoms with van der Waals surface area (Å²) in [7, 11) is 0. The molecule has 0 fully saturated rings. The lowest BCUT2D eigenvalue weighted by atomic mass is 9.70. The molecule has 0 N–H and O–H groups in total. The Hall–Kier alpha value is -6.38. The van der Waals surface area contributed by atoms with Crippen molar-refractivity contribution in [3.8, 4) is 27.9 Å². The predicted octanol–water partition coefficient (Wildman–Crippen LogP) is 13.5. The molecule has 252 valence electrons. The Morgan fingerprint density at radius 3 is 2.17 bits per heavy atom. The Kier molecular flexibility index (Phi) is 6.76. The van der Waals surface area contributed by atoms with Crippen LogP contribution in [0.3, 0.4) is 0 Å². The van der Waals surface area contributed by atoms with Crippen LogP contribution in [-0.4, -0.2) is 4.57 Å². The first-order chi connectivity index (χ1) is 26.2. The maximum Gasteiger partial charge on any atom is 0.0546 e. The zero-order valence-electron chi connectivity index (χ0n) is 29.7. The maximum atomic E-state index is 2.51. The zero-order valence-corrected chi connectivity index (χ0v) is 29.7. The van der Waals surface area contributed by atoms with E-state index in [2.05, 4.69) is 192 Å². The number of benzene rings is 7. The SMILES string of the molecule is CC1CC=CC2=C3c4cccc(N(c5cccc(-c6ccccc6)c5)c5ccc6c(c5)c5ccccc5n6-c5ccccc5)c4-c4cccc(c43)CC21. The van der Waals surface area contributed by atoms with E-state index in [0.717, 1.165) is 24.2 Å². The zero-order chi connectivity index (χ0) is 35.0. The van der Waals surface area contributed by atoms with Crippen molar-refractivity contribution in [1.82, 2.24) is 4.57 Å². The van der Waals surface area contributed by atoms with Crippen LogP contribution >= 0.6 is 0 Å². The van der Waals surface area contributed by atoms with Gasteiger partial charge in [0.05, 0.1) is 16.7 Å². The van der Waals surface area contributed by atoms with E-state index in [0.29, 0.717) is 11.8 Å². The Labute approximate surface area is 310 Å². The molecule has 11 rings (SSSR count). The molecule has 2 heteroatoms. The molecule has 0 saturated heterocycles. The Morgan fingerprint density at radius 2 is 1.28 bits per heavy atom. The molecule has 0 amide bonds. The lowest BCUT2D eigenvalue weighted by Gasteiger charge is -2.34. The van der Waals surface area contributed by atoms with Crippen LogP contribution < -0.4 is 4.90 Å². The fourth-order valence-electron chi connectivity index (χ4n) is 9.58. The summed E-state index contributed by atoms with van der Waals surface area (Å²) in [6.45, 7) is 2.43. The van der Waals surface area contributed by atoms with Gasteiger partial charge in [0.2, 0.25) is 0 Å². The monoisotopic (exact) mass is 678 g/mol. The minimum Gasteiger partial charge on any atom is -0.310 e. The number of fused-ring (bicyclic) bond motifs is 7. The first-order valence-electron chi connectivity index (χ1n) is 18.9. The third-order valence-corrected chi connectivity index (χ3v) is 12.0. The summed E-state index contributed by atoms with van der Waals surface area (Å²) in [5, 5.41) is 2.49. The molecule has 2 atom stereocenters. The standard InChI is InChI=1S/C51H38N2/c1-33-14-10-23-41-44(33)31-36-18-12-24-42-49(36)51(41)43-25-13-27-48(50(42)43)52(38-21-11-17-35(30-38)34-15-4-2-5-16-34)39-28-29-47-45(32-39)40-22-8-9-26-46(40)53(47)37-19-6-3-7-20-37/h2-13,15-30,32-33,44H,14,31H2,1H3. The number of nitrogens with zero attached hydrogens (tertiary/aromatic N) is 2. The van der Waals surface area contributed by atoms with Crippen LogP contribution in [0.2, 0.25) is 0 Å². The summed E-state index contributed by atoms with van der Waals surface area (Å²) in [5.74, 6) is 1.18. The quantitative estimate of drug-likeness (QED) is 0.176. The first-order valence-corrected chi connectivity index (χ1v) is 18.9. The lowest BCUT2D eigenvalue weighted by molar-refractivity contribution is 0.404. The summed E-state index contributed by atoms with van der Waals surface area (Å²) in [6, 6.07) is 60.4. The molecule has 3 aliphatic rings. The molecule has 3 aliphatic carbocycles. The highest BCUT2D eigenvalue weighted by Crippen LogP contribution is 2.57. The molecular formula is C51H38N2. The molecule has 2 nitrogen and oxygen atoms in total. The molecule has 0 radical (unpaired) electrons. The van der Waals surface area contributed by atoms with Gasteiger partial charge in [-0.3, -0.25) is 0 Å². The third kappa shape index (κ3) is 4.58. The average molecular weight is 679 g/mol. The summed E-state index contributed by atoms with van der Waals surface area (Å²) in [4.78, 5) is 2.51. The fraction of sp³-hybridized carbons (Fsp3) is 0.0980. The van der Waals surface area contributed by atoms with Gasteiger partial charge in [-0.1, -0.05) is 128 Å². The van der Waals surface area contributed by atoms with Crippen molar-refractivity contribution < 1.29 is 0 Å². The van der Waals surface area contributed by atoms with Gasteiger partial charge in [0.25, 0.3) is 0 Å². The van der Waals surface area contributed by atoms with Crippen LogP contribution in [0.4, 0.5) is 17.1 Å². The summed E-state index contributed by atoms with van der Waals surface area (Å²) >= 11 is 0. The highest BCUT2D eigenvalue weighted by Gasteiger charge is 2.38. The van der Waals surface area contributed by atoms with E-state index in [4.69, 9.17) is 0 Å². The second-order valence-electron chi connectivity index (χ2n) is 14.9. The third-order valence-electron chi connectivity index (χ3n) is 12.0. The van der Waals surface area contributed by atoms with Gasteiger partial charge < -0.3 is 9.47 Å². The van der Waals surface area contributed by atoms with E-state index in [-0.39, 0.29) is 0 Å². The number of aromatic nitrogens is 1.